The Morgan fingerprint density at radius 1 is 1.23 bits per heavy atom. The normalized spacial score (nSPS) is 11.8. The van der Waals surface area contributed by atoms with E-state index < -0.39 is 10.5 Å². The van der Waals surface area contributed by atoms with Gasteiger partial charge >= 0.3 is 0 Å². The van der Waals surface area contributed by atoms with Crippen molar-refractivity contribution in [3.05, 3.63) is 17.5 Å². The van der Waals surface area contributed by atoms with E-state index in [-0.39, 0.29) is 11.6 Å². The van der Waals surface area contributed by atoms with Crippen LogP contribution in [0.25, 0.3) is 0 Å². The maximum atomic E-state index is 12.2. The summed E-state index contributed by atoms with van der Waals surface area (Å²) in [7, 11) is 0. The number of aryl methyl sites for hydroxylation is 1. The average molecular weight is 244 g/mol. The van der Waals surface area contributed by atoms with Gasteiger partial charge in [0.1, 0.15) is 12.5 Å². The molecule has 3 nitrogen and oxygen atoms in total. The van der Waals surface area contributed by atoms with Gasteiger partial charge in [0.15, 0.2) is 11.6 Å². The summed E-state index contributed by atoms with van der Waals surface area (Å²) in [5, 5.41) is 0. The number of hydrogen-bond donors (Lipinski definition) is 0. The monoisotopic (exact) mass is 243 g/mol. The van der Waals surface area contributed by atoms with Crippen LogP contribution in [-0.2, 0) is 10.5 Å². The van der Waals surface area contributed by atoms with Gasteiger partial charge in [0.05, 0.1) is 0 Å². The Morgan fingerprint density at radius 3 is 2.31 bits per heavy atom. The van der Waals surface area contributed by atoms with Gasteiger partial charge in [-0.3, -0.25) is 0 Å². The molecular formula is C6H5Cl3FN3. The van der Waals surface area contributed by atoms with Gasteiger partial charge < -0.3 is 0 Å². The van der Waals surface area contributed by atoms with Crippen molar-refractivity contribution < 1.29 is 4.39 Å². The molecule has 0 aliphatic carbocycles. The number of hydrogen-bond acceptors (Lipinski definition) is 3. The van der Waals surface area contributed by atoms with Crippen LogP contribution in [0.1, 0.15) is 17.5 Å². The van der Waals surface area contributed by atoms with Crippen LogP contribution in [0.4, 0.5) is 4.39 Å². The number of alkyl halides is 4. The molecule has 1 rings (SSSR count). The van der Waals surface area contributed by atoms with Crippen LogP contribution >= 0.6 is 34.8 Å². The highest BCUT2D eigenvalue weighted by atomic mass is 35.6. The van der Waals surface area contributed by atoms with Crippen molar-refractivity contribution in [3.63, 3.8) is 0 Å². The molecule has 1 aromatic heterocycles. The van der Waals surface area contributed by atoms with Gasteiger partial charge in [-0.2, -0.15) is 0 Å². The Balaban J connectivity index is 3.16. The summed E-state index contributed by atoms with van der Waals surface area (Å²) in [6.07, 6.45) is 0. The fraction of sp³-hybridized carbons (Fsp3) is 0.500. The number of rotatable bonds is 1. The van der Waals surface area contributed by atoms with E-state index in [1.54, 1.807) is 6.92 Å². The summed E-state index contributed by atoms with van der Waals surface area (Å²) in [5.41, 5.74) is 0. The van der Waals surface area contributed by atoms with E-state index in [0.29, 0.717) is 5.82 Å². The zero-order chi connectivity index (χ0) is 10.1. The molecule has 0 aliphatic rings. The van der Waals surface area contributed by atoms with Crippen molar-refractivity contribution >= 4 is 34.8 Å². The molecule has 0 spiro atoms. The van der Waals surface area contributed by atoms with Crippen LogP contribution in [0, 0.1) is 6.92 Å². The molecule has 0 N–H and O–H groups in total. The lowest BCUT2D eigenvalue weighted by molar-refractivity contribution is 0.460. The molecule has 1 heterocycles. The van der Waals surface area contributed by atoms with E-state index >= 15 is 0 Å². The molecule has 0 fully saturated rings. The summed E-state index contributed by atoms with van der Waals surface area (Å²) in [4.78, 5) is 11.1. The van der Waals surface area contributed by atoms with Gasteiger partial charge in [0, 0.05) is 0 Å². The summed E-state index contributed by atoms with van der Waals surface area (Å²) in [6.45, 7) is 0.762. The lowest BCUT2D eigenvalue weighted by Crippen LogP contribution is -2.12. The van der Waals surface area contributed by atoms with Gasteiger partial charge in [0.2, 0.25) is 3.79 Å². The maximum absolute atomic E-state index is 12.2. The summed E-state index contributed by atoms with van der Waals surface area (Å²) in [5.74, 6) is 0.232. The van der Waals surface area contributed by atoms with Crippen LogP contribution < -0.4 is 0 Å². The van der Waals surface area contributed by atoms with Crippen molar-refractivity contribution in [2.75, 3.05) is 0 Å². The third-order valence-electron chi connectivity index (χ3n) is 1.17. The van der Waals surface area contributed by atoms with Gasteiger partial charge in [-0.1, -0.05) is 34.8 Å². The third-order valence-corrected chi connectivity index (χ3v) is 1.67. The van der Waals surface area contributed by atoms with Gasteiger partial charge in [-0.15, -0.1) is 0 Å². The van der Waals surface area contributed by atoms with Crippen molar-refractivity contribution in [1.82, 2.24) is 15.0 Å². The smallest absolute Gasteiger partial charge is 0.242 e. The van der Waals surface area contributed by atoms with Crippen LogP contribution in [-0.4, -0.2) is 15.0 Å². The second-order valence-corrected chi connectivity index (χ2v) is 4.54. The fourth-order valence-corrected chi connectivity index (χ4v) is 0.977. The van der Waals surface area contributed by atoms with Crippen LogP contribution in [0.15, 0.2) is 0 Å². The van der Waals surface area contributed by atoms with Crippen molar-refractivity contribution in [2.24, 2.45) is 0 Å². The van der Waals surface area contributed by atoms with Gasteiger partial charge in [0.25, 0.3) is 0 Å². The third kappa shape index (κ3) is 2.90. The van der Waals surface area contributed by atoms with Crippen LogP contribution in [0.3, 0.4) is 0 Å². The Kier molecular flexibility index (Phi) is 3.27. The molecule has 0 unspecified atom stereocenters. The quantitative estimate of drug-likeness (QED) is 0.712. The van der Waals surface area contributed by atoms with Gasteiger partial charge in [-0.05, 0) is 6.92 Å². The van der Waals surface area contributed by atoms with Gasteiger partial charge in [-0.25, -0.2) is 19.3 Å². The molecular weight excluding hydrogens is 239 g/mol. The highest BCUT2D eigenvalue weighted by Crippen LogP contribution is 2.35. The molecule has 0 saturated heterocycles. The van der Waals surface area contributed by atoms with Crippen LogP contribution in [0.2, 0.25) is 0 Å². The minimum Gasteiger partial charge on any atom is -0.242 e. The molecule has 0 aliphatic heterocycles. The summed E-state index contributed by atoms with van der Waals surface area (Å²) >= 11 is 16.5. The first kappa shape index (κ1) is 10.9. The number of nitrogens with zero attached hydrogens (tertiary/aromatic N) is 3. The average Bonchev–Trinajstić information content (AvgIpc) is 2.01. The SMILES string of the molecule is Cc1nc(CF)nc(C(Cl)(Cl)Cl)n1. The minimum atomic E-state index is -1.74. The first-order valence-corrected chi connectivity index (χ1v) is 4.41. The molecule has 0 aromatic carbocycles. The molecule has 7 heteroatoms. The van der Waals surface area contributed by atoms with E-state index in [2.05, 4.69) is 15.0 Å². The molecule has 0 amide bonds. The van der Waals surface area contributed by atoms with Crippen LogP contribution in [0.5, 0.6) is 0 Å². The zero-order valence-electron chi connectivity index (χ0n) is 6.56. The highest BCUT2D eigenvalue weighted by Gasteiger charge is 2.27. The lowest BCUT2D eigenvalue weighted by Gasteiger charge is -2.09. The predicted octanol–water partition coefficient (Wildman–Crippen LogP) is 2.48. The maximum Gasteiger partial charge on any atom is 0.250 e. The Hall–Kier alpha value is -0.190. The topological polar surface area (TPSA) is 38.7 Å². The number of aromatic nitrogens is 3. The zero-order valence-corrected chi connectivity index (χ0v) is 8.83. The molecule has 0 atom stereocenters. The molecule has 0 bridgehead atoms. The van der Waals surface area contributed by atoms with E-state index in [9.17, 15) is 4.39 Å². The summed E-state index contributed by atoms with van der Waals surface area (Å²) in [6, 6.07) is 0. The fourth-order valence-electron chi connectivity index (χ4n) is 0.724. The van der Waals surface area contributed by atoms with Crippen molar-refractivity contribution in [2.45, 2.75) is 17.4 Å². The molecule has 0 saturated carbocycles. The molecule has 72 valence electrons. The lowest BCUT2D eigenvalue weighted by atomic mass is 10.5. The Morgan fingerprint density at radius 2 is 1.85 bits per heavy atom. The second-order valence-electron chi connectivity index (χ2n) is 2.25. The van der Waals surface area contributed by atoms with E-state index in [1.807, 2.05) is 0 Å². The minimum absolute atomic E-state index is 0.0335. The Labute approximate surface area is 89.3 Å². The van der Waals surface area contributed by atoms with Crippen molar-refractivity contribution in [1.29, 1.82) is 0 Å². The largest absolute Gasteiger partial charge is 0.250 e. The van der Waals surface area contributed by atoms with Crippen molar-refractivity contribution in [3.8, 4) is 0 Å². The molecule has 0 radical (unpaired) electrons. The number of halogens is 4. The standard InChI is InChI=1S/C6H5Cl3FN3/c1-3-11-4(2-10)13-5(12-3)6(7,8)9/h2H2,1H3. The van der Waals surface area contributed by atoms with E-state index in [1.165, 1.54) is 0 Å². The van der Waals surface area contributed by atoms with E-state index in [0.717, 1.165) is 0 Å². The molecule has 1 aromatic rings. The Bertz CT molecular complexity index is 312. The first-order valence-electron chi connectivity index (χ1n) is 3.28. The molecule has 13 heavy (non-hydrogen) atoms. The highest BCUT2D eigenvalue weighted by molar-refractivity contribution is 6.66. The van der Waals surface area contributed by atoms with E-state index in [4.69, 9.17) is 34.8 Å². The first-order chi connectivity index (χ1) is 5.93. The predicted molar refractivity (Wildman–Crippen MR) is 48.6 cm³/mol. The second kappa shape index (κ2) is 3.90. The summed E-state index contributed by atoms with van der Waals surface area (Å²) < 4.78 is 10.5.